The van der Waals surface area contributed by atoms with Crippen LogP contribution < -0.4 is 16.8 Å². The number of nitrogens with zero attached hydrogens (tertiary/aromatic N) is 1. The molecule has 0 saturated carbocycles. The first-order valence-electron chi connectivity index (χ1n) is 5.52. The molecule has 1 aromatic rings. The molecule has 5 nitrogen and oxygen atoms in total. The zero-order valence-electron chi connectivity index (χ0n) is 9.90. The lowest BCUT2D eigenvalue weighted by molar-refractivity contribution is 0.100. The minimum atomic E-state index is -0.518. The normalized spacial score (nSPS) is 10.2. The van der Waals surface area contributed by atoms with Crippen LogP contribution in [0.2, 0.25) is 0 Å². The molecule has 1 rings (SSSR count). The second-order valence-corrected chi connectivity index (χ2v) is 4.90. The van der Waals surface area contributed by atoms with Crippen molar-refractivity contribution in [2.75, 3.05) is 29.1 Å². The van der Waals surface area contributed by atoms with Crippen molar-refractivity contribution in [1.29, 1.82) is 0 Å². The van der Waals surface area contributed by atoms with E-state index >= 15 is 0 Å². The monoisotopic (exact) mass is 254 g/mol. The number of amides is 1. The van der Waals surface area contributed by atoms with E-state index in [1.807, 2.05) is 11.8 Å². The van der Waals surface area contributed by atoms with Crippen LogP contribution in [0.25, 0.3) is 0 Å². The fourth-order valence-electron chi connectivity index (χ4n) is 1.33. The van der Waals surface area contributed by atoms with Gasteiger partial charge in [-0.15, -0.1) is 0 Å². The lowest BCUT2D eigenvalue weighted by Gasteiger charge is -2.09. The van der Waals surface area contributed by atoms with E-state index in [-0.39, 0.29) is 0 Å². The topological polar surface area (TPSA) is 94.0 Å². The Morgan fingerprint density at radius 1 is 1.59 bits per heavy atom. The van der Waals surface area contributed by atoms with Gasteiger partial charge >= 0.3 is 0 Å². The number of rotatable bonds is 7. The smallest absolute Gasteiger partial charge is 0.252 e. The fourth-order valence-corrected chi connectivity index (χ4v) is 1.97. The number of pyridine rings is 1. The Kier molecular flexibility index (Phi) is 5.62. The Balaban J connectivity index is 2.55. The number of aromatic nitrogens is 1. The van der Waals surface area contributed by atoms with Crippen LogP contribution >= 0.6 is 11.8 Å². The van der Waals surface area contributed by atoms with Gasteiger partial charge < -0.3 is 16.8 Å². The van der Waals surface area contributed by atoms with Crippen LogP contribution in [0.1, 0.15) is 23.7 Å². The molecule has 0 aliphatic rings. The third-order valence-corrected chi connectivity index (χ3v) is 3.12. The Bertz CT molecular complexity index is 384. The van der Waals surface area contributed by atoms with Crippen molar-refractivity contribution < 1.29 is 4.79 Å². The van der Waals surface area contributed by atoms with E-state index in [0.29, 0.717) is 17.1 Å². The second kappa shape index (κ2) is 7.01. The van der Waals surface area contributed by atoms with Crippen LogP contribution in [0, 0.1) is 0 Å². The van der Waals surface area contributed by atoms with Crippen molar-refractivity contribution in [2.45, 2.75) is 13.3 Å². The minimum Gasteiger partial charge on any atom is -0.397 e. The van der Waals surface area contributed by atoms with Crippen molar-refractivity contribution in [3.05, 3.63) is 17.8 Å². The SMILES string of the molecule is CCSCCCNc1ncc(N)cc1C(N)=O. The summed E-state index contributed by atoms with van der Waals surface area (Å²) in [7, 11) is 0. The molecule has 0 unspecified atom stereocenters. The van der Waals surface area contributed by atoms with Crippen LogP contribution in [-0.2, 0) is 0 Å². The molecule has 6 heteroatoms. The molecular weight excluding hydrogens is 236 g/mol. The van der Waals surface area contributed by atoms with Gasteiger partial charge in [-0.25, -0.2) is 4.98 Å². The molecule has 0 spiro atoms. The van der Waals surface area contributed by atoms with Crippen molar-refractivity contribution in [3.63, 3.8) is 0 Å². The van der Waals surface area contributed by atoms with Crippen molar-refractivity contribution in [2.24, 2.45) is 5.73 Å². The summed E-state index contributed by atoms with van der Waals surface area (Å²) in [5.41, 5.74) is 11.6. The molecule has 0 aliphatic carbocycles. The Morgan fingerprint density at radius 3 is 3.00 bits per heavy atom. The van der Waals surface area contributed by atoms with Crippen LogP contribution in [0.5, 0.6) is 0 Å². The van der Waals surface area contributed by atoms with Gasteiger partial charge in [0.1, 0.15) is 5.82 Å². The molecule has 0 aliphatic heterocycles. The molecule has 17 heavy (non-hydrogen) atoms. The molecule has 0 atom stereocenters. The molecule has 1 heterocycles. The number of anilines is 2. The number of carbonyl (C=O) groups is 1. The predicted octanol–water partition coefficient (Wildman–Crippen LogP) is 1.32. The maximum absolute atomic E-state index is 11.2. The van der Waals surface area contributed by atoms with Gasteiger partial charge in [0, 0.05) is 6.54 Å². The Labute approximate surface area is 105 Å². The third-order valence-electron chi connectivity index (χ3n) is 2.14. The Morgan fingerprint density at radius 2 is 2.35 bits per heavy atom. The van der Waals surface area contributed by atoms with Crippen LogP contribution in [0.4, 0.5) is 11.5 Å². The van der Waals surface area contributed by atoms with E-state index in [4.69, 9.17) is 11.5 Å². The highest BCUT2D eigenvalue weighted by Gasteiger charge is 2.09. The van der Waals surface area contributed by atoms with E-state index in [1.165, 1.54) is 6.20 Å². The van der Waals surface area contributed by atoms with Crippen molar-refractivity contribution >= 4 is 29.2 Å². The zero-order chi connectivity index (χ0) is 12.7. The number of thioether (sulfide) groups is 1. The van der Waals surface area contributed by atoms with Gasteiger partial charge in [-0.2, -0.15) is 11.8 Å². The summed E-state index contributed by atoms with van der Waals surface area (Å²) in [6, 6.07) is 1.54. The number of nitrogens with two attached hydrogens (primary N) is 2. The van der Waals surface area contributed by atoms with E-state index in [9.17, 15) is 4.79 Å². The highest BCUT2D eigenvalue weighted by molar-refractivity contribution is 7.99. The highest BCUT2D eigenvalue weighted by Crippen LogP contribution is 2.15. The highest BCUT2D eigenvalue weighted by atomic mass is 32.2. The van der Waals surface area contributed by atoms with Crippen molar-refractivity contribution in [1.82, 2.24) is 4.98 Å². The van der Waals surface area contributed by atoms with Crippen molar-refractivity contribution in [3.8, 4) is 0 Å². The maximum atomic E-state index is 11.2. The minimum absolute atomic E-state index is 0.341. The first-order valence-corrected chi connectivity index (χ1v) is 6.67. The van der Waals surface area contributed by atoms with E-state index in [1.54, 1.807) is 6.07 Å². The molecule has 1 aromatic heterocycles. The standard InChI is InChI=1S/C11H18N4OS/c1-2-17-5-3-4-14-11-9(10(13)16)6-8(12)7-15-11/h6-7H,2-5,12H2,1H3,(H2,13,16)(H,14,15). The van der Waals surface area contributed by atoms with Gasteiger partial charge in [-0.05, 0) is 24.0 Å². The number of primary amides is 1. The van der Waals surface area contributed by atoms with Gasteiger partial charge in [-0.1, -0.05) is 6.92 Å². The van der Waals surface area contributed by atoms with Crippen LogP contribution in [0.3, 0.4) is 0 Å². The van der Waals surface area contributed by atoms with Crippen LogP contribution in [-0.4, -0.2) is 28.9 Å². The molecule has 0 aromatic carbocycles. The largest absolute Gasteiger partial charge is 0.397 e. The molecule has 5 N–H and O–H groups in total. The average Bonchev–Trinajstić information content (AvgIpc) is 2.30. The quantitative estimate of drug-likeness (QED) is 0.638. The summed E-state index contributed by atoms with van der Waals surface area (Å²) in [6.07, 6.45) is 2.53. The van der Waals surface area contributed by atoms with Gasteiger partial charge in [0.2, 0.25) is 0 Å². The van der Waals surface area contributed by atoms with Gasteiger partial charge in [0.15, 0.2) is 0 Å². The number of carbonyl (C=O) groups excluding carboxylic acids is 1. The fraction of sp³-hybridized carbons (Fsp3) is 0.455. The molecule has 0 saturated heterocycles. The molecule has 0 bridgehead atoms. The lowest BCUT2D eigenvalue weighted by Crippen LogP contribution is -2.16. The molecule has 1 amide bonds. The summed E-state index contributed by atoms with van der Waals surface area (Å²) in [5, 5.41) is 3.10. The van der Waals surface area contributed by atoms with Gasteiger partial charge in [0.25, 0.3) is 5.91 Å². The summed E-state index contributed by atoms with van der Waals surface area (Å²) in [4.78, 5) is 15.3. The zero-order valence-corrected chi connectivity index (χ0v) is 10.7. The molecule has 0 fully saturated rings. The first-order chi connectivity index (χ1) is 8.15. The summed E-state index contributed by atoms with van der Waals surface area (Å²) in [6.45, 7) is 2.90. The average molecular weight is 254 g/mol. The predicted molar refractivity (Wildman–Crippen MR) is 73.3 cm³/mol. The summed E-state index contributed by atoms with van der Waals surface area (Å²) >= 11 is 1.88. The van der Waals surface area contributed by atoms with Gasteiger partial charge in [0.05, 0.1) is 17.4 Å². The maximum Gasteiger partial charge on any atom is 0.252 e. The van der Waals surface area contributed by atoms with Gasteiger partial charge in [-0.3, -0.25) is 4.79 Å². The number of nitrogens with one attached hydrogen (secondary N) is 1. The molecular formula is C11H18N4OS. The number of nitrogen functional groups attached to an aromatic ring is 1. The van der Waals surface area contributed by atoms with E-state index in [0.717, 1.165) is 24.5 Å². The van der Waals surface area contributed by atoms with E-state index in [2.05, 4.69) is 17.2 Å². The third kappa shape index (κ3) is 4.52. The number of hydrogen-bond acceptors (Lipinski definition) is 5. The number of hydrogen-bond donors (Lipinski definition) is 3. The Hall–Kier alpha value is -1.43. The molecule has 0 radical (unpaired) electrons. The summed E-state index contributed by atoms with van der Waals surface area (Å²) in [5.74, 6) is 2.19. The summed E-state index contributed by atoms with van der Waals surface area (Å²) < 4.78 is 0. The molecule has 94 valence electrons. The van der Waals surface area contributed by atoms with Crippen LogP contribution in [0.15, 0.2) is 12.3 Å². The second-order valence-electron chi connectivity index (χ2n) is 3.51. The van der Waals surface area contributed by atoms with E-state index < -0.39 is 5.91 Å². The lowest BCUT2D eigenvalue weighted by atomic mass is 10.2. The first kappa shape index (κ1) is 13.6.